The van der Waals surface area contributed by atoms with E-state index in [0.29, 0.717) is 6.42 Å². The van der Waals surface area contributed by atoms with Gasteiger partial charge in [-0.2, -0.15) is 14.8 Å². The summed E-state index contributed by atoms with van der Waals surface area (Å²) in [6.45, 7) is 1.76. The molecule has 2 aromatic rings. The third-order valence-electron chi connectivity index (χ3n) is 4.37. The molecular formula is C21H20N4O5S. The number of unbranched alkanes of at least 4 members (excludes halogenated alkanes) is 1. The average Bonchev–Trinajstić information content (AvgIpc) is 2.76. The highest BCUT2D eigenvalue weighted by Crippen LogP contribution is 2.21. The standard InChI is InChI=1S/C21H20N4O5S/c1-2-3-10-25(11-9-22)31(29,30)17-6-4-5-16(13-17)20(26)24-19-8-7-15(14-23)12-18(19)21(27)28/h4-8,12-13H,2-3,10-11H2,1H3,(H,24,26)(H,27,28). The summed E-state index contributed by atoms with van der Waals surface area (Å²) >= 11 is 0. The molecule has 0 aliphatic carbocycles. The number of benzene rings is 2. The molecule has 0 heterocycles. The number of rotatable bonds is 9. The van der Waals surface area contributed by atoms with Crippen molar-refractivity contribution in [2.24, 2.45) is 0 Å². The molecule has 0 bridgehead atoms. The molecular weight excluding hydrogens is 420 g/mol. The molecule has 1 amide bonds. The number of carbonyl (C=O) groups excluding carboxylic acids is 1. The van der Waals surface area contributed by atoms with Crippen LogP contribution in [0.25, 0.3) is 0 Å². The van der Waals surface area contributed by atoms with Crippen LogP contribution in [0.15, 0.2) is 47.4 Å². The lowest BCUT2D eigenvalue weighted by Gasteiger charge is -2.19. The first kappa shape index (κ1) is 23.5. The molecule has 31 heavy (non-hydrogen) atoms. The summed E-state index contributed by atoms with van der Waals surface area (Å²) in [5.74, 6) is -2.04. The van der Waals surface area contributed by atoms with Crippen molar-refractivity contribution in [1.82, 2.24) is 4.31 Å². The van der Waals surface area contributed by atoms with Gasteiger partial charge < -0.3 is 10.4 Å². The molecule has 0 aromatic heterocycles. The first-order chi connectivity index (χ1) is 14.7. The predicted molar refractivity (Wildman–Crippen MR) is 112 cm³/mol. The Balaban J connectivity index is 2.35. The number of amides is 1. The molecule has 0 unspecified atom stereocenters. The van der Waals surface area contributed by atoms with Gasteiger partial charge in [0.05, 0.1) is 33.8 Å². The summed E-state index contributed by atoms with van der Waals surface area (Å²) in [4.78, 5) is 24.0. The molecule has 0 spiro atoms. The van der Waals surface area contributed by atoms with Crippen LogP contribution in [0, 0.1) is 22.7 Å². The Morgan fingerprint density at radius 3 is 2.52 bits per heavy atom. The molecule has 0 radical (unpaired) electrons. The van der Waals surface area contributed by atoms with Gasteiger partial charge in [0.2, 0.25) is 10.0 Å². The smallest absolute Gasteiger partial charge is 0.337 e. The number of nitriles is 2. The normalized spacial score (nSPS) is 10.8. The van der Waals surface area contributed by atoms with Crippen molar-refractivity contribution in [3.8, 4) is 12.1 Å². The minimum absolute atomic E-state index is 0.00540. The van der Waals surface area contributed by atoms with E-state index >= 15 is 0 Å². The van der Waals surface area contributed by atoms with Crippen LogP contribution in [-0.4, -0.2) is 42.8 Å². The highest BCUT2D eigenvalue weighted by atomic mass is 32.2. The Bertz CT molecular complexity index is 1180. The first-order valence-electron chi connectivity index (χ1n) is 9.30. The van der Waals surface area contributed by atoms with E-state index in [9.17, 15) is 23.1 Å². The van der Waals surface area contributed by atoms with E-state index in [-0.39, 0.29) is 40.4 Å². The molecule has 2 N–H and O–H groups in total. The molecule has 0 saturated carbocycles. The molecule has 0 aliphatic rings. The summed E-state index contributed by atoms with van der Waals surface area (Å²) in [5, 5.41) is 29.7. The molecule has 10 heteroatoms. The van der Waals surface area contributed by atoms with Crippen molar-refractivity contribution in [2.45, 2.75) is 24.7 Å². The molecule has 2 rings (SSSR count). The lowest BCUT2D eigenvalue weighted by Crippen LogP contribution is -2.32. The van der Waals surface area contributed by atoms with Crippen LogP contribution >= 0.6 is 0 Å². The van der Waals surface area contributed by atoms with Crippen molar-refractivity contribution < 1.29 is 23.1 Å². The lowest BCUT2D eigenvalue weighted by atomic mass is 10.1. The second-order valence-electron chi connectivity index (χ2n) is 6.51. The predicted octanol–water partition coefficient (Wildman–Crippen LogP) is 2.82. The van der Waals surface area contributed by atoms with Crippen LogP contribution in [0.1, 0.15) is 46.0 Å². The van der Waals surface area contributed by atoms with E-state index in [2.05, 4.69) is 5.32 Å². The highest BCUT2D eigenvalue weighted by molar-refractivity contribution is 7.89. The van der Waals surface area contributed by atoms with E-state index in [1.54, 1.807) is 0 Å². The number of sulfonamides is 1. The van der Waals surface area contributed by atoms with Gasteiger partial charge in [-0.25, -0.2) is 13.2 Å². The summed E-state index contributed by atoms with van der Waals surface area (Å²) in [5.41, 5.74) is -0.183. The highest BCUT2D eigenvalue weighted by Gasteiger charge is 2.25. The van der Waals surface area contributed by atoms with Crippen LogP contribution in [0.4, 0.5) is 5.69 Å². The van der Waals surface area contributed by atoms with Gasteiger partial charge in [-0.3, -0.25) is 4.79 Å². The van der Waals surface area contributed by atoms with Crippen LogP contribution in [0.3, 0.4) is 0 Å². The Morgan fingerprint density at radius 2 is 1.90 bits per heavy atom. The van der Waals surface area contributed by atoms with Crippen LogP contribution in [0.5, 0.6) is 0 Å². The molecule has 0 atom stereocenters. The van der Waals surface area contributed by atoms with Gasteiger partial charge in [-0.1, -0.05) is 19.4 Å². The fraction of sp³-hybridized carbons (Fsp3) is 0.238. The monoisotopic (exact) mass is 440 g/mol. The zero-order chi connectivity index (χ0) is 23.0. The molecule has 0 aliphatic heterocycles. The van der Waals surface area contributed by atoms with Gasteiger partial charge in [-0.15, -0.1) is 0 Å². The van der Waals surface area contributed by atoms with E-state index in [1.165, 1.54) is 36.4 Å². The van der Waals surface area contributed by atoms with Crippen molar-refractivity contribution >= 4 is 27.6 Å². The maximum absolute atomic E-state index is 12.9. The van der Waals surface area contributed by atoms with Crippen molar-refractivity contribution in [3.05, 3.63) is 59.2 Å². The van der Waals surface area contributed by atoms with E-state index < -0.39 is 21.9 Å². The number of hydrogen-bond donors (Lipinski definition) is 2. The number of carbonyl (C=O) groups is 2. The van der Waals surface area contributed by atoms with Gasteiger partial charge in [0.1, 0.15) is 6.54 Å². The zero-order valence-corrected chi connectivity index (χ0v) is 17.5. The maximum Gasteiger partial charge on any atom is 0.337 e. The summed E-state index contributed by atoms with van der Waals surface area (Å²) in [6, 6.07) is 12.7. The van der Waals surface area contributed by atoms with Crippen LogP contribution in [0.2, 0.25) is 0 Å². The largest absolute Gasteiger partial charge is 0.478 e. The Kier molecular flexibility index (Phi) is 7.86. The third kappa shape index (κ3) is 5.66. The van der Waals surface area contributed by atoms with Crippen molar-refractivity contribution in [2.75, 3.05) is 18.4 Å². The quantitative estimate of drug-likeness (QED) is 0.569. The Hall–Kier alpha value is -3.73. The summed E-state index contributed by atoms with van der Waals surface area (Å²) in [6.07, 6.45) is 1.33. The van der Waals surface area contributed by atoms with E-state index in [4.69, 9.17) is 10.5 Å². The maximum atomic E-state index is 12.9. The van der Waals surface area contributed by atoms with E-state index in [1.807, 2.05) is 19.1 Å². The minimum atomic E-state index is -3.99. The third-order valence-corrected chi connectivity index (χ3v) is 6.21. The SMILES string of the molecule is CCCCN(CC#N)S(=O)(=O)c1cccc(C(=O)Nc2ccc(C#N)cc2C(=O)O)c1. The summed E-state index contributed by atoms with van der Waals surface area (Å²) in [7, 11) is -3.99. The van der Waals surface area contributed by atoms with Gasteiger partial charge in [0, 0.05) is 12.1 Å². The van der Waals surface area contributed by atoms with Gasteiger partial charge >= 0.3 is 5.97 Å². The van der Waals surface area contributed by atoms with Crippen molar-refractivity contribution in [3.63, 3.8) is 0 Å². The average molecular weight is 440 g/mol. The topological polar surface area (TPSA) is 151 Å². The number of hydrogen-bond acceptors (Lipinski definition) is 6. The van der Waals surface area contributed by atoms with Gasteiger partial charge in [0.15, 0.2) is 0 Å². The molecule has 9 nitrogen and oxygen atoms in total. The zero-order valence-electron chi connectivity index (χ0n) is 16.7. The number of nitrogens with zero attached hydrogens (tertiary/aromatic N) is 3. The van der Waals surface area contributed by atoms with Crippen LogP contribution in [-0.2, 0) is 10.0 Å². The Morgan fingerprint density at radius 1 is 1.16 bits per heavy atom. The summed E-state index contributed by atoms with van der Waals surface area (Å²) < 4.78 is 26.9. The number of anilines is 1. The fourth-order valence-electron chi connectivity index (χ4n) is 2.74. The minimum Gasteiger partial charge on any atom is -0.478 e. The molecule has 160 valence electrons. The number of carboxylic acid groups (broad SMARTS) is 1. The fourth-order valence-corrected chi connectivity index (χ4v) is 4.16. The Labute approximate surface area is 180 Å². The number of nitrogens with one attached hydrogen (secondary N) is 1. The molecule has 2 aromatic carbocycles. The van der Waals surface area contributed by atoms with E-state index in [0.717, 1.165) is 16.8 Å². The van der Waals surface area contributed by atoms with Gasteiger partial charge in [-0.05, 0) is 42.8 Å². The number of carboxylic acids is 1. The second-order valence-corrected chi connectivity index (χ2v) is 8.45. The number of aromatic carboxylic acids is 1. The van der Waals surface area contributed by atoms with Crippen LogP contribution < -0.4 is 5.32 Å². The molecule has 0 saturated heterocycles. The second kappa shape index (κ2) is 10.3. The molecule has 0 fully saturated rings. The lowest BCUT2D eigenvalue weighted by molar-refractivity contribution is 0.0698. The van der Waals surface area contributed by atoms with Gasteiger partial charge in [0.25, 0.3) is 5.91 Å². The first-order valence-corrected chi connectivity index (χ1v) is 10.7. The van der Waals surface area contributed by atoms with Crippen molar-refractivity contribution in [1.29, 1.82) is 10.5 Å².